The monoisotopic (exact) mass is 440 g/mol. The number of amides is 1. The van der Waals surface area contributed by atoms with Gasteiger partial charge in [-0.05, 0) is 49.8 Å². The number of esters is 1. The van der Waals surface area contributed by atoms with E-state index in [1.807, 2.05) is 42.7 Å². The SMILES string of the molecule is COC(=O)COc1ccc(NC(=O)CCn2c(-c3ccc(C)cc3)n[nH]c2=S)c(C)c1. The van der Waals surface area contributed by atoms with Gasteiger partial charge in [0.2, 0.25) is 5.91 Å². The van der Waals surface area contributed by atoms with E-state index in [9.17, 15) is 9.59 Å². The minimum atomic E-state index is -0.460. The number of nitrogens with zero attached hydrogens (tertiary/aromatic N) is 2. The number of aryl methyl sites for hydroxylation is 2. The number of rotatable bonds is 8. The Kier molecular flexibility index (Phi) is 7.19. The Hall–Kier alpha value is -3.46. The fourth-order valence-corrected chi connectivity index (χ4v) is 3.16. The predicted molar refractivity (Wildman–Crippen MR) is 120 cm³/mol. The van der Waals surface area contributed by atoms with Crippen molar-refractivity contribution in [3.05, 3.63) is 58.4 Å². The summed E-state index contributed by atoms with van der Waals surface area (Å²) in [5.41, 5.74) is 3.57. The van der Waals surface area contributed by atoms with Crippen LogP contribution in [0.2, 0.25) is 0 Å². The summed E-state index contributed by atoms with van der Waals surface area (Å²) >= 11 is 5.33. The Morgan fingerprint density at radius 1 is 1.16 bits per heavy atom. The summed E-state index contributed by atoms with van der Waals surface area (Å²) in [6, 6.07) is 13.1. The second-order valence-electron chi connectivity index (χ2n) is 7.01. The number of aromatic nitrogens is 3. The highest BCUT2D eigenvalue weighted by atomic mass is 32.1. The summed E-state index contributed by atoms with van der Waals surface area (Å²) in [4.78, 5) is 23.7. The summed E-state index contributed by atoms with van der Waals surface area (Å²) in [5, 5.41) is 10.0. The van der Waals surface area contributed by atoms with Crippen molar-refractivity contribution < 1.29 is 19.1 Å². The maximum absolute atomic E-state index is 12.5. The number of nitrogens with one attached hydrogen (secondary N) is 2. The number of methoxy groups -OCH3 is 1. The molecule has 0 bridgehead atoms. The molecule has 0 atom stereocenters. The van der Waals surface area contributed by atoms with E-state index in [0.29, 0.717) is 28.6 Å². The topological polar surface area (TPSA) is 98.2 Å². The molecule has 1 heterocycles. The van der Waals surface area contributed by atoms with Crippen molar-refractivity contribution in [3.63, 3.8) is 0 Å². The van der Waals surface area contributed by atoms with E-state index in [1.165, 1.54) is 7.11 Å². The molecule has 0 unspecified atom stereocenters. The molecule has 0 spiro atoms. The Bertz CT molecular complexity index is 1140. The molecule has 0 saturated heterocycles. The lowest BCUT2D eigenvalue weighted by Gasteiger charge is -2.12. The van der Waals surface area contributed by atoms with E-state index in [2.05, 4.69) is 20.3 Å². The van der Waals surface area contributed by atoms with Crippen molar-refractivity contribution in [2.75, 3.05) is 19.0 Å². The van der Waals surface area contributed by atoms with E-state index in [-0.39, 0.29) is 18.9 Å². The molecule has 2 aromatic carbocycles. The molecule has 8 nitrogen and oxygen atoms in total. The van der Waals surface area contributed by atoms with Crippen molar-refractivity contribution in [3.8, 4) is 17.1 Å². The number of aromatic amines is 1. The number of benzene rings is 2. The van der Waals surface area contributed by atoms with Crippen molar-refractivity contribution in [2.45, 2.75) is 26.8 Å². The van der Waals surface area contributed by atoms with Gasteiger partial charge in [0.05, 0.1) is 7.11 Å². The molecule has 0 radical (unpaired) electrons. The molecule has 0 fully saturated rings. The zero-order valence-electron chi connectivity index (χ0n) is 17.6. The van der Waals surface area contributed by atoms with Gasteiger partial charge in [-0.3, -0.25) is 14.5 Å². The first kappa shape index (κ1) is 22.2. The van der Waals surface area contributed by atoms with Gasteiger partial charge in [-0.15, -0.1) is 0 Å². The Morgan fingerprint density at radius 2 is 1.90 bits per heavy atom. The highest BCUT2D eigenvalue weighted by Gasteiger charge is 2.12. The van der Waals surface area contributed by atoms with E-state index >= 15 is 0 Å². The maximum atomic E-state index is 12.5. The quantitative estimate of drug-likeness (QED) is 0.408. The molecular weight excluding hydrogens is 416 g/mol. The van der Waals surface area contributed by atoms with Crippen LogP contribution in [0.4, 0.5) is 5.69 Å². The Labute approximate surface area is 185 Å². The zero-order chi connectivity index (χ0) is 22.4. The highest BCUT2D eigenvalue weighted by Crippen LogP contribution is 2.22. The van der Waals surface area contributed by atoms with Crippen molar-refractivity contribution in [2.24, 2.45) is 0 Å². The Balaban J connectivity index is 1.62. The van der Waals surface area contributed by atoms with E-state index in [4.69, 9.17) is 17.0 Å². The molecular formula is C22H24N4O4S. The number of hydrogen-bond donors (Lipinski definition) is 2. The number of carbonyl (C=O) groups excluding carboxylic acids is 2. The summed E-state index contributed by atoms with van der Waals surface area (Å²) in [6.45, 7) is 4.09. The molecule has 162 valence electrons. The van der Waals surface area contributed by atoms with Crippen LogP contribution in [-0.4, -0.2) is 40.4 Å². The number of hydrogen-bond acceptors (Lipinski definition) is 6. The third-order valence-corrected chi connectivity index (χ3v) is 5.00. The normalized spacial score (nSPS) is 10.5. The number of carbonyl (C=O) groups is 2. The van der Waals surface area contributed by atoms with Gasteiger partial charge in [0, 0.05) is 24.2 Å². The van der Waals surface area contributed by atoms with Crippen LogP contribution in [0.5, 0.6) is 5.75 Å². The van der Waals surface area contributed by atoms with Gasteiger partial charge in [0.1, 0.15) is 5.75 Å². The van der Waals surface area contributed by atoms with Crippen molar-refractivity contribution in [1.29, 1.82) is 0 Å². The standard InChI is InChI=1S/C22H24N4O4S/c1-14-4-6-16(7-5-14)21-24-25-22(31)26(21)11-10-19(27)23-18-9-8-17(12-15(18)2)30-13-20(28)29-3/h4-9,12H,10-11,13H2,1-3H3,(H,23,27)(H,25,31). The van der Waals surface area contributed by atoms with Crippen LogP contribution in [0.25, 0.3) is 11.4 Å². The van der Waals surface area contributed by atoms with Gasteiger partial charge in [0.25, 0.3) is 0 Å². The fourth-order valence-electron chi connectivity index (χ4n) is 2.94. The van der Waals surface area contributed by atoms with Crippen LogP contribution in [0.1, 0.15) is 17.5 Å². The lowest BCUT2D eigenvalue weighted by molar-refractivity contribution is -0.142. The number of ether oxygens (including phenoxy) is 2. The summed E-state index contributed by atoms with van der Waals surface area (Å²) in [7, 11) is 1.30. The molecule has 0 saturated carbocycles. The molecule has 1 aromatic heterocycles. The van der Waals surface area contributed by atoms with Gasteiger partial charge in [-0.25, -0.2) is 4.79 Å². The highest BCUT2D eigenvalue weighted by molar-refractivity contribution is 7.71. The lowest BCUT2D eigenvalue weighted by Crippen LogP contribution is -2.16. The smallest absolute Gasteiger partial charge is 0.343 e. The molecule has 3 aromatic rings. The minimum absolute atomic E-state index is 0.149. The third-order valence-electron chi connectivity index (χ3n) is 4.69. The van der Waals surface area contributed by atoms with E-state index < -0.39 is 5.97 Å². The predicted octanol–water partition coefficient (Wildman–Crippen LogP) is 3.81. The fraction of sp³-hybridized carbons (Fsp3) is 0.273. The van der Waals surface area contributed by atoms with Crippen molar-refractivity contribution in [1.82, 2.24) is 14.8 Å². The first-order valence-electron chi connectivity index (χ1n) is 9.69. The molecule has 1 amide bonds. The molecule has 0 aliphatic rings. The zero-order valence-corrected chi connectivity index (χ0v) is 18.4. The van der Waals surface area contributed by atoms with Gasteiger partial charge in [-0.2, -0.15) is 5.10 Å². The Morgan fingerprint density at radius 3 is 2.58 bits per heavy atom. The van der Waals surface area contributed by atoms with Crippen molar-refractivity contribution >= 4 is 29.8 Å². The van der Waals surface area contributed by atoms with E-state index in [0.717, 1.165) is 16.7 Å². The number of H-pyrrole nitrogens is 1. The van der Waals surface area contributed by atoms with Crippen LogP contribution in [-0.2, 0) is 20.9 Å². The van der Waals surface area contributed by atoms with Crippen LogP contribution in [0.3, 0.4) is 0 Å². The van der Waals surface area contributed by atoms with E-state index in [1.54, 1.807) is 18.2 Å². The summed E-state index contributed by atoms with van der Waals surface area (Å²) < 4.78 is 12.2. The lowest BCUT2D eigenvalue weighted by atomic mass is 10.1. The average Bonchev–Trinajstić information content (AvgIpc) is 3.13. The van der Waals surface area contributed by atoms with Crippen LogP contribution >= 0.6 is 12.2 Å². The molecule has 0 aliphatic heterocycles. The largest absolute Gasteiger partial charge is 0.482 e. The van der Waals surface area contributed by atoms with Gasteiger partial charge in [0.15, 0.2) is 17.2 Å². The van der Waals surface area contributed by atoms with Crippen LogP contribution in [0, 0.1) is 18.6 Å². The molecule has 2 N–H and O–H groups in total. The van der Waals surface area contributed by atoms with Crippen LogP contribution < -0.4 is 10.1 Å². The van der Waals surface area contributed by atoms with Gasteiger partial charge in [-0.1, -0.05) is 29.8 Å². The summed E-state index contributed by atoms with van der Waals surface area (Å²) in [6.07, 6.45) is 0.229. The van der Waals surface area contributed by atoms with Gasteiger partial charge >= 0.3 is 5.97 Å². The second-order valence-corrected chi connectivity index (χ2v) is 7.40. The molecule has 9 heteroatoms. The first-order valence-corrected chi connectivity index (χ1v) is 10.1. The first-order chi connectivity index (χ1) is 14.9. The molecule has 31 heavy (non-hydrogen) atoms. The van der Waals surface area contributed by atoms with Gasteiger partial charge < -0.3 is 14.8 Å². The third kappa shape index (κ3) is 5.79. The average molecular weight is 441 g/mol. The maximum Gasteiger partial charge on any atom is 0.343 e. The summed E-state index contributed by atoms with van der Waals surface area (Å²) in [5.74, 6) is 0.608. The molecule has 3 rings (SSSR count). The second kappa shape index (κ2) is 10.0. The molecule has 0 aliphatic carbocycles. The minimum Gasteiger partial charge on any atom is -0.482 e. The number of anilines is 1. The van der Waals surface area contributed by atoms with Crippen LogP contribution in [0.15, 0.2) is 42.5 Å².